The van der Waals surface area contributed by atoms with Gasteiger partial charge in [0.1, 0.15) is 11.9 Å². The average molecular weight is 423 g/mol. The third-order valence-corrected chi connectivity index (χ3v) is 5.34. The maximum Gasteiger partial charge on any atom is 0.262 e. The van der Waals surface area contributed by atoms with E-state index < -0.39 is 0 Å². The molecule has 1 heterocycles. The maximum atomic E-state index is 13.4. The van der Waals surface area contributed by atoms with Crippen LogP contribution in [-0.4, -0.2) is 20.1 Å². The molecule has 0 aromatic heterocycles. The molecular formula is C22H19BrN2O2. The summed E-state index contributed by atoms with van der Waals surface area (Å²) in [5.41, 5.74) is 3.48. The van der Waals surface area contributed by atoms with Gasteiger partial charge in [0.2, 0.25) is 0 Å². The predicted molar refractivity (Wildman–Crippen MR) is 112 cm³/mol. The van der Waals surface area contributed by atoms with Crippen molar-refractivity contribution in [3.8, 4) is 5.75 Å². The summed E-state index contributed by atoms with van der Waals surface area (Å²) in [6, 6.07) is 23.4. The minimum absolute atomic E-state index is 0.0150. The SMILES string of the molecule is COc1ccc(N2C(=O)c3ccccc3N(C)C2c2cccc(Br)c2)cc1. The largest absolute Gasteiger partial charge is 0.497 e. The van der Waals surface area contributed by atoms with Gasteiger partial charge in [0, 0.05) is 17.2 Å². The molecule has 3 aromatic rings. The fourth-order valence-electron chi connectivity index (χ4n) is 3.55. The lowest BCUT2D eigenvalue weighted by Gasteiger charge is -2.44. The average Bonchev–Trinajstić information content (AvgIpc) is 2.70. The van der Waals surface area contributed by atoms with E-state index in [1.165, 1.54) is 0 Å². The first-order valence-corrected chi connectivity index (χ1v) is 9.44. The molecule has 0 aliphatic carbocycles. The molecule has 0 saturated carbocycles. The van der Waals surface area contributed by atoms with Crippen molar-refractivity contribution in [1.82, 2.24) is 0 Å². The van der Waals surface area contributed by atoms with Gasteiger partial charge in [-0.1, -0.05) is 40.2 Å². The van der Waals surface area contributed by atoms with Crippen molar-refractivity contribution in [1.29, 1.82) is 0 Å². The highest BCUT2D eigenvalue weighted by Gasteiger charge is 2.37. The van der Waals surface area contributed by atoms with Gasteiger partial charge >= 0.3 is 0 Å². The summed E-state index contributed by atoms with van der Waals surface area (Å²) in [5, 5.41) is 0. The fraction of sp³-hybridized carbons (Fsp3) is 0.136. The van der Waals surface area contributed by atoms with E-state index in [9.17, 15) is 4.79 Å². The Morgan fingerprint density at radius 2 is 1.70 bits per heavy atom. The zero-order valence-electron chi connectivity index (χ0n) is 15.1. The molecule has 0 spiro atoms. The Morgan fingerprint density at radius 1 is 0.963 bits per heavy atom. The standard InChI is InChI=1S/C22H19BrN2O2/c1-24-20-9-4-3-8-19(20)22(26)25(17-10-12-18(27-2)13-11-17)21(24)15-6-5-7-16(23)14-15/h3-14,21H,1-2H3. The molecule has 4 rings (SSSR count). The van der Waals surface area contributed by atoms with Crippen molar-refractivity contribution in [2.75, 3.05) is 24.0 Å². The minimum atomic E-state index is -0.252. The van der Waals surface area contributed by atoms with Crippen molar-refractivity contribution in [2.24, 2.45) is 0 Å². The van der Waals surface area contributed by atoms with Crippen LogP contribution in [0.5, 0.6) is 5.75 Å². The predicted octanol–water partition coefficient (Wildman–Crippen LogP) is 5.25. The van der Waals surface area contributed by atoms with Crippen LogP contribution in [0.1, 0.15) is 22.1 Å². The highest BCUT2D eigenvalue weighted by atomic mass is 79.9. The maximum absolute atomic E-state index is 13.4. The third-order valence-electron chi connectivity index (χ3n) is 4.84. The normalized spacial score (nSPS) is 16.3. The molecule has 27 heavy (non-hydrogen) atoms. The molecular weight excluding hydrogens is 404 g/mol. The molecule has 0 fully saturated rings. The number of anilines is 2. The molecule has 1 atom stereocenters. The lowest BCUT2D eigenvalue weighted by Crippen LogP contribution is -2.48. The molecule has 0 N–H and O–H groups in total. The highest BCUT2D eigenvalue weighted by molar-refractivity contribution is 9.10. The number of benzene rings is 3. The van der Waals surface area contributed by atoms with E-state index >= 15 is 0 Å². The second-order valence-corrected chi connectivity index (χ2v) is 7.35. The van der Waals surface area contributed by atoms with E-state index in [-0.39, 0.29) is 12.1 Å². The molecule has 3 aromatic carbocycles. The van der Waals surface area contributed by atoms with E-state index in [0.29, 0.717) is 5.56 Å². The van der Waals surface area contributed by atoms with E-state index in [1.807, 2.05) is 78.7 Å². The number of amides is 1. The molecule has 4 nitrogen and oxygen atoms in total. The second kappa shape index (κ2) is 7.08. The van der Waals surface area contributed by atoms with E-state index in [0.717, 1.165) is 27.2 Å². The molecule has 1 amide bonds. The lowest BCUT2D eigenvalue weighted by molar-refractivity contribution is 0.0969. The van der Waals surface area contributed by atoms with Crippen molar-refractivity contribution in [3.63, 3.8) is 0 Å². The zero-order chi connectivity index (χ0) is 19.0. The first-order valence-electron chi connectivity index (χ1n) is 8.65. The summed E-state index contributed by atoms with van der Waals surface area (Å²) in [6.45, 7) is 0. The van der Waals surface area contributed by atoms with E-state index in [1.54, 1.807) is 7.11 Å². The number of carbonyl (C=O) groups excluding carboxylic acids is 1. The summed E-state index contributed by atoms with van der Waals surface area (Å²) >= 11 is 3.55. The molecule has 1 aliphatic rings. The number of halogens is 1. The van der Waals surface area contributed by atoms with Crippen molar-refractivity contribution >= 4 is 33.2 Å². The molecule has 1 unspecified atom stereocenters. The van der Waals surface area contributed by atoms with Gasteiger partial charge in [-0.15, -0.1) is 0 Å². The van der Waals surface area contributed by atoms with Crippen LogP contribution in [0.3, 0.4) is 0 Å². The highest BCUT2D eigenvalue weighted by Crippen LogP contribution is 2.41. The Bertz CT molecular complexity index is 988. The number of carbonyl (C=O) groups is 1. The van der Waals surface area contributed by atoms with Gasteiger partial charge in [-0.25, -0.2) is 0 Å². The summed E-state index contributed by atoms with van der Waals surface area (Å²) in [5.74, 6) is 0.745. The van der Waals surface area contributed by atoms with Crippen LogP contribution in [0.15, 0.2) is 77.3 Å². The Balaban J connectivity index is 1.89. The number of hydrogen-bond acceptors (Lipinski definition) is 3. The van der Waals surface area contributed by atoms with Crippen LogP contribution in [-0.2, 0) is 0 Å². The van der Waals surface area contributed by atoms with Crippen molar-refractivity contribution in [2.45, 2.75) is 6.17 Å². The fourth-order valence-corrected chi connectivity index (χ4v) is 3.97. The topological polar surface area (TPSA) is 32.8 Å². The van der Waals surface area contributed by atoms with Crippen LogP contribution in [0, 0.1) is 0 Å². The summed E-state index contributed by atoms with van der Waals surface area (Å²) in [4.78, 5) is 17.4. The van der Waals surface area contributed by atoms with E-state index in [4.69, 9.17) is 4.74 Å². The van der Waals surface area contributed by atoms with Gasteiger partial charge in [0.15, 0.2) is 0 Å². The number of methoxy groups -OCH3 is 1. The minimum Gasteiger partial charge on any atom is -0.497 e. The molecule has 136 valence electrons. The number of fused-ring (bicyclic) bond motifs is 1. The van der Waals surface area contributed by atoms with Gasteiger partial charge < -0.3 is 9.64 Å². The van der Waals surface area contributed by atoms with Gasteiger partial charge in [-0.05, 0) is 54.1 Å². The van der Waals surface area contributed by atoms with Gasteiger partial charge in [0.05, 0.1) is 18.4 Å². The molecule has 0 radical (unpaired) electrons. The smallest absolute Gasteiger partial charge is 0.262 e. The number of hydrogen-bond donors (Lipinski definition) is 0. The summed E-state index contributed by atoms with van der Waals surface area (Å²) in [7, 11) is 3.66. The van der Waals surface area contributed by atoms with Crippen molar-refractivity contribution < 1.29 is 9.53 Å². The Labute approximate surface area is 167 Å². The number of para-hydroxylation sites is 1. The molecule has 1 aliphatic heterocycles. The van der Waals surface area contributed by atoms with Gasteiger partial charge in [0.25, 0.3) is 5.91 Å². The quantitative estimate of drug-likeness (QED) is 0.577. The molecule has 0 bridgehead atoms. The number of ether oxygens (including phenoxy) is 1. The Morgan fingerprint density at radius 3 is 2.41 bits per heavy atom. The zero-order valence-corrected chi connectivity index (χ0v) is 16.7. The Hall–Kier alpha value is -2.79. The van der Waals surface area contributed by atoms with Crippen LogP contribution >= 0.6 is 15.9 Å². The van der Waals surface area contributed by atoms with E-state index in [2.05, 4.69) is 26.9 Å². The number of nitrogens with zero attached hydrogens (tertiary/aromatic N) is 2. The third kappa shape index (κ3) is 3.08. The van der Waals surface area contributed by atoms with Crippen LogP contribution in [0.25, 0.3) is 0 Å². The summed E-state index contributed by atoms with van der Waals surface area (Å²) < 4.78 is 6.25. The molecule has 5 heteroatoms. The van der Waals surface area contributed by atoms with Crippen molar-refractivity contribution in [3.05, 3.63) is 88.4 Å². The van der Waals surface area contributed by atoms with Crippen LogP contribution in [0.2, 0.25) is 0 Å². The van der Waals surface area contributed by atoms with Gasteiger partial charge in [-0.2, -0.15) is 0 Å². The van der Waals surface area contributed by atoms with Crippen LogP contribution in [0.4, 0.5) is 11.4 Å². The molecule has 0 saturated heterocycles. The monoisotopic (exact) mass is 422 g/mol. The Kier molecular flexibility index (Phi) is 4.62. The first kappa shape index (κ1) is 17.6. The second-order valence-electron chi connectivity index (χ2n) is 6.43. The van der Waals surface area contributed by atoms with Gasteiger partial charge in [-0.3, -0.25) is 9.69 Å². The first-order chi connectivity index (χ1) is 13.1. The lowest BCUT2D eigenvalue weighted by atomic mass is 10.0. The number of rotatable bonds is 3. The van der Waals surface area contributed by atoms with Crippen LogP contribution < -0.4 is 14.5 Å². The summed E-state index contributed by atoms with van der Waals surface area (Å²) in [6.07, 6.45) is -0.252.